The van der Waals surface area contributed by atoms with Crippen LogP contribution in [0.4, 0.5) is 10.5 Å². The van der Waals surface area contributed by atoms with Gasteiger partial charge in [-0.15, -0.1) is 0 Å². The number of urea groups is 1. The topological polar surface area (TPSA) is 146 Å². The van der Waals surface area contributed by atoms with Crippen molar-refractivity contribution in [3.8, 4) is 11.5 Å². The molecule has 0 aliphatic carbocycles. The predicted molar refractivity (Wildman–Crippen MR) is 106 cm³/mol. The molecule has 0 radical (unpaired) electrons. The summed E-state index contributed by atoms with van der Waals surface area (Å²) in [4.78, 5) is 34.6. The number of hydrogen-bond acceptors (Lipinski definition) is 5. The van der Waals surface area contributed by atoms with Crippen LogP contribution < -0.4 is 26.8 Å². The maximum absolute atomic E-state index is 12.0. The van der Waals surface area contributed by atoms with Crippen LogP contribution in [-0.4, -0.2) is 36.6 Å². The minimum absolute atomic E-state index is 0.237. The standard InChI is InChI=1S/C20H22N4O5/c21-18(25)15-3-1-2-4-16(15)28-13-7-5-12(6-8-13)24-20(27)23-11-14-9-10-17(29-14)19(22)26/h1-8,14,17H,9-11H2,(H2,21,25)(H2,22,26)(H2,23,24,27). The van der Waals surface area contributed by atoms with Gasteiger partial charge in [0, 0.05) is 12.2 Å². The highest BCUT2D eigenvalue weighted by Crippen LogP contribution is 2.26. The van der Waals surface area contributed by atoms with E-state index in [0.717, 1.165) is 0 Å². The normalized spacial score (nSPS) is 18.1. The van der Waals surface area contributed by atoms with Crippen molar-refractivity contribution < 1.29 is 23.9 Å². The Morgan fingerprint density at radius 3 is 2.41 bits per heavy atom. The van der Waals surface area contributed by atoms with Crippen LogP contribution in [0.5, 0.6) is 11.5 Å². The van der Waals surface area contributed by atoms with E-state index in [4.69, 9.17) is 20.9 Å². The van der Waals surface area contributed by atoms with E-state index in [1.54, 1.807) is 48.5 Å². The van der Waals surface area contributed by atoms with Crippen molar-refractivity contribution in [1.82, 2.24) is 5.32 Å². The molecule has 0 aromatic heterocycles. The average Bonchev–Trinajstić information content (AvgIpc) is 3.18. The molecular weight excluding hydrogens is 376 g/mol. The lowest BCUT2D eigenvalue weighted by molar-refractivity contribution is -0.128. The van der Waals surface area contributed by atoms with Crippen molar-refractivity contribution in [2.45, 2.75) is 25.0 Å². The molecule has 2 aromatic rings. The Morgan fingerprint density at radius 2 is 1.76 bits per heavy atom. The van der Waals surface area contributed by atoms with Crippen molar-refractivity contribution in [3.05, 3.63) is 54.1 Å². The molecule has 0 saturated carbocycles. The van der Waals surface area contributed by atoms with Crippen LogP contribution in [0.3, 0.4) is 0 Å². The Balaban J connectivity index is 1.50. The summed E-state index contributed by atoms with van der Waals surface area (Å²) >= 11 is 0. The fourth-order valence-corrected chi connectivity index (χ4v) is 2.94. The molecule has 1 heterocycles. The first-order chi connectivity index (χ1) is 13.9. The summed E-state index contributed by atoms with van der Waals surface area (Å²) in [6, 6.07) is 12.9. The van der Waals surface area contributed by atoms with E-state index in [9.17, 15) is 14.4 Å². The van der Waals surface area contributed by atoms with Gasteiger partial charge in [-0.25, -0.2) is 4.79 Å². The van der Waals surface area contributed by atoms with Gasteiger partial charge in [0.1, 0.15) is 17.6 Å². The number of nitrogens with two attached hydrogens (primary N) is 2. The van der Waals surface area contributed by atoms with Crippen LogP contribution in [-0.2, 0) is 9.53 Å². The first-order valence-electron chi connectivity index (χ1n) is 9.09. The fourth-order valence-electron chi connectivity index (χ4n) is 2.94. The van der Waals surface area contributed by atoms with E-state index >= 15 is 0 Å². The number of carbonyl (C=O) groups excluding carboxylic acids is 3. The molecule has 1 fully saturated rings. The van der Waals surface area contributed by atoms with E-state index in [1.807, 2.05) is 0 Å². The molecule has 3 rings (SSSR count). The second-order valence-electron chi connectivity index (χ2n) is 6.55. The molecule has 1 saturated heterocycles. The first-order valence-corrected chi connectivity index (χ1v) is 9.09. The SMILES string of the molecule is NC(=O)c1ccccc1Oc1ccc(NC(=O)NCC2CCC(C(N)=O)O2)cc1. The summed E-state index contributed by atoms with van der Waals surface area (Å²) in [5, 5.41) is 5.39. The molecule has 1 aliphatic rings. The molecule has 9 nitrogen and oxygen atoms in total. The number of primary amides is 2. The zero-order chi connectivity index (χ0) is 20.8. The summed E-state index contributed by atoms with van der Waals surface area (Å²) in [5.74, 6) is -0.229. The van der Waals surface area contributed by atoms with Gasteiger partial charge in [-0.3, -0.25) is 9.59 Å². The van der Waals surface area contributed by atoms with Crippen molar-refractivity contribution in [3.63, 3.8) is 0 Å². The van der Waals surface area contributed by atoms with E-state index in [-0.39, 0.29) is 18.2 Å². The molecule has 9 heteroatoms. The molecule has 0 bridgehead atoms. The van der Waals surface area contributed by atoms with Crippen molar-refractivity contribution >= 4 is 23.5 Å². The number of anilines is 1. The number of para-hydroxylation sites is 1. The molecule has 2 unspecified atom stereocenters. The Bertz CT molecular complexity index is 900. The van der Waals surface area contributed by atoms with E-state index in [2.05, 4.69) is 10.6 Å². The number of nitrogens with one attached hydrogen (secondary N) is 2. The van der Waals surface area contributed by atoms with Crippen LogP contribution in [0.1, 0.15) is 23.2 Å². The Labute approximate surface area is 167 Å². The van der Waals surface area contributed by atoms with Gasteiger partial charge in [-0.05, 0) is 49.2 Å². The zero-order valence-corrected chi connectivity index (χ0v) is 15.6. The highest BCUT2D eigenvalue weighted by Gasteiger charge is 2.29. The highest BCUT2D eigenvalue weighted by molar-refractivity contribution is 5.95. The average molecular weight is 398 g/mol. The number of benzene rings is 2. The number of hydrogen-bond donors (Lipinski definition) is 4. The minimum Gasteiger partial charge on any atom is -0.457 e. The van der Waals surface area contributed by atoms with Crippen LogP contribution in [0.15, 0.2) is 48.5 Å². The van der Waals surface area contributed by atoms with Gasteiger partial charge in [0.05, 0.1) is 11.7 Å². The van der Waals surface area contributed by atoms with Gasteiger partial charge in [0.2, 0.25) is 5.91 Å². The van der Waals surface area contributed by atoms with E-state index < -0.39 is 23.9 Å². The summed E-state index contributed by atoms with van der Waals surface area (Å²) in [6.45, 7) is 0.278. The lowest BCUT2D eigenvalue weighted by Gasteiger charge is -2.13. The maximum atomic E-state index is 12.0. The molecular formula is C20H22N4O5. The summed E-state index contributed by atoms with van der Waals surface area (Å²) in [6.07, 6.45) is 0.396. The van der Waals surface area contributed by atoms with Gasteiger partial charge in [0.25, 0.3) is 5.91 Å². The first kappa shape index (κ1) is 20.2. The third-order valence-electron chi connectivity index (χ3n) is 4.41. The van der Waals surface area contributed by atoms with Crippen molar-refractivity contribution in [1.29, 1.82) is 0 Å². The van der Waals surface area contributed by atoms with Crippen LogP contribution >= 0.6 is 0 Å². The molecule has 1 aliphatic heterocycles. The van der Waals surface area contributed by atoms with Gasteiger partial charge >= 0.3 is 6.03 Å². The Kier molecular flexibility index (Phi) is 6.30. The Morgan fingerprint density at radius 1 is 1.03 bits per heavy atom. The Hall–Kier alpha value is -3.59. The lowest BCUT2D eigenvalue weighted by Crippen LogP contribution is -2.36. The largest absolute Gasteiger partial charge is 0.457 e. The molecule has 0 spiro atoms. The molecule has 29 heavy (non-hydrogen) atoms. The molecule has 6 N–H and O–H groups in total. The molecule has 2 atom stereocenters. The minimum atomic E-state index is -0.586. The molecule has 152 valence electrons. The number of amides is 4. The van der Waals surface area contributed by atoms with Gasteiger partial charge in [-0.2, -0.15) is 0 Å². The second kappa shape index (κ2) is 9.07. The smallest absolute Gasteiger partial charge is 0.319 e. The van der Waals surface area contributed by atoms with Crippen molar-refractivity contribution in [2.24, 2.45) is 11.5 Å². The van der Waals surface area contributed by atoms with Gasteiger partial charge in [-0.1, -0.05) is 12.1 Å². The maximum Gasteiger partial charge on any atom is 0.319 e. The third kappa shape index (κ3) is 5.45. The quantitative estimate of drug-likeness (QED) is 0.561. The van der Waals surface area contributed by atoms with E-state index in [0.29, 0.717) is 30.0 Å². The number of carbonyl (C=O) groups is 3. The predicted octanol–water partition coefficient (Wildman–Crippen LogP) is 1.73. The lowest BCUT2D eigenvalue weighted by atomic mass is 10.2. The monoisotopic (exact) mass is 398 g/mol. The molecule has 4 amide bonds. The summed E-state index contributed by atoms with van der Waals surface area (Å²) < 4.78 is 11.1. The van der Waals surface area contributed by atoms with Gasteiger partial charge < -0.3 is 31.6 Å². The fraction of sp³-hybridized carbons (Fsp3) is 0.250. The van der Waals surface area contributed by atoms with Gasteiger partial charge in [0.15, 0.2) is 0 Å². The second-order valence-corrected chi connectivity index (χ2v) is 6.55. The van der Waals surface area contributed by atoms with Crippen LogP contribution in [0.2, 0.25) is 0 Å². The number of rotatable bonds is 7. The van der Waals surface area contributed by atoms with Crippen LogP contribution in [0, 0.1) is 0 Å². The highest BCUT2D eigenvalue weighted by atomic mass is 16.5. The summed E-state index contributed by atoms with van der Waals surface area (Å²) in [5.41, 5.74) is 11.4. The van der Waals surface area contributed by atoms with Crippen molar-refractivity contribution in [2.75, 3.05) is 11.9 Å². The zero-order valence-electron chi connectivity index (χ0n) is 15.6. The van der Waals surface area contributed by atoms with E-state index in [1.165, 1.54) is 0 Å². The van der Waals surface area contributed by atoms with Crippen LogP contribution in [0.25, 0.3) is 0 Å². The summed E-state index contributed by atoms with van der Waals surface area (Å²) in [7, 11) is 0. The number of ether oxygens (including phenoxy) is 2. The third-order valence-corrected chi connectivity index (χ3v) is 4.41. The molecule has 2 aromatic carbocycles.